The maximum Gasteiger partial charge on any atom is 0.407 e. The number of carbonyl (C=O) groups is 1. The standard InChI is InChI=1S/C34H45NO5Si/c1-34(2,3)41(4,5)40-24-27(23-37-22-26-14-7-6-8-15-26)38-21-13-20-35-33(36)39-25-32-30-18-11-9-16-28(30)29-17-10-12-19-31(29)32/h6-12,14-19,27,32H,13,20-25H2,1-5H3,(H,35,36)/t27-/m0/s1. The highest BCUT2D eigenvalue weighted by Crippen LogP contribution is 2.44. The van der Waals surface area contributed by atoms with Gasteiger partial charge in [-0.1, -0.05) is 99.6 Å². The van der Waals surface area contributed by atoms with Crippen LogP contribution in [0.3, 0.4) is 0 Å². The summed E-state index contributed by atoms with van der Waals surface area (Å²) in [6.07, 6.45) is 0.0811. The smallest absolute Gasteiger partial charge is 0.407 e. The van der Waals surface area contributed by atoms with Crippen molar-refractivity contribution in [3.8, 4) is 11.1 Å². The van der Waals surface area contributed by atoms with Crippen LogP contribution in [0.4, 0.5) is 4.79 Å². The summed E-state index contributed by atoms with van der Waals surface area (Å²) in [5.74, 6) is 0.0500. The first-order valence-electron chi connectivity index (χ1n) is 14.6. The van der Waals surface area contributed by atoms with Crippen LogP contribution in [-0.2, 0) is 25.2 Å². The van der Waals surface area contributed by atoms with Crippen molar-refractivity contribution < 1.29 is 23.4 Å². The minimum absolute atomic E-state index is 0.0500. The molecule has 1 N–H and O–H groups in total. The number of alkyl carbamates (subject to hydrolysis) is 1. The topological polar surface area (TPSA) is 66.0 Å². The number of carbonyl (C=O) groups excluding carboxylic acids is 1. The molecular formula is C34H45NO5Si. The average Bonchev–Trinajstić information content (AvgIpc) is 3.28. The lowest BCUT2D eigenvalue weighted by Gasteiger charge is -2.37. The molecule has 1 aliphatic carbocycles. The maximum absolute atomic E-state index is 12.5. The fourth-order valence-electron chi connectivity index (χ4n) is 4.71. The minimum atomic E-state index is -1.91. The van der Waals surface area contributed by atoms with Crippen molar-refractivity contribution in [2.45, 2.75) is 64.0 Å². The number of hydrogen-bond donors (Lipinski definition) is 1. The molecule has 6 nitrogen and oxygen atoms in total. The molecule has 0 spiro atoms. The Bertz CT molecular complexity index is 1210. The third kappa shape index (κ3) is 8.52. The van der Waals surface area contributed by atoms with Gasteiger partial charge in [-0.15, -0.1) is 0 Å². The van der Waals surface area contributed by atoms with Crippen molar-refractivity contribution in [1.29, 1.82) is 0 Å². The number of benzene rings is 3. The molecule has 3 aromatic rings. The number of fused-ring (bicyclic) bond motifs is 3. The summed E-state index contributed by atoms with van der Waals surface area (Å²) in [7, 11) is -1.91. The normalized spacial score (nSPS) is 13.9. The average molecular weight is 576 g/mol. The van der Waals surface area contributed by atoms with Gasteiger partial charge in [-0.05, 0) is 52.4 Å². The van der Waals surface area contributed by atoms with E-state index in [1.54, 1.807) is 0 Å². The Morgan fingerprint density at radius 2 is 1.49 bits per heavy atom. The first-order valence-corrected chi connectivity index (χ1v) is 17.5. The highest BCUT2D eigenvalue weighted by Gasteiger charge is 2.37. The Hall–Kier alpha value is -2.97. The van der Waals surface area contributed by atoms with Crippen LogP contribution in [0.2, 0.25) is 18.1 Å². The first-order chi connectivity index (χ1) is 19.7. The zero-order valence-corrected chi connectivity index (χ0v) is 26.2. The molecule has 0 radical (unpaired) electrons. The number of nitrogens with one attached hydrogen (secondary N) is 1. The van der Waals surface area contributed by atoms with E-state index >= 15 is 0 Å². The molecule has 7 heteroatoms. The van der Waals surface area contributed by atoms with Gasteiger partial charge in [0.05, 0.1) is 19.8 Å². The van der Waals surface area contributed by atoms with Gasteiger partial charge in [0.2, 0.25) is 0 Å². The molecular weight excluding hydrogens is 530 g/mol. The van der Waals surface area contributed by atoms with Crippen LogP contribution in [0.25, 0.3) is 11.1 Å². The second-order valence-corrected chi connectivity index (χ2v) is 17.0. The number of hydrogen-bond acceptors (Lipinski definition) is 5. The summed E-state index contributed by atoms with van der Waals surface area (Å²) in [4.78, 5) is 12.5. The van der Waals surface area contributed by atoms with Gasteiger partial charge in [-0.2, -0.15) is 0 Å². The molecule has 41 heavy (non-hydrogen) atoms. The number of ether oxygens (including phenoxy) is 3. The second-order valence-electron chi connectivity index (χ2n) is 12.2. The molecule has 4 rings (SSSR count). The Morgan fingerprint density at radius 3 is 2.12 bits per heavy atom. The van der Waals surface area contributed by atoms with E-state index in [4.69, 9.17) is 18.6 Å². The van der Waals surface area contributed by atoms with E-state index in [2.05, 4.69) is 75.6 Å². The van der Waals surface area contributed by atoms with Crippen molar-refractivity contribution in [2.24, 2.45) is 0 Å². The van der Waals surface area contributed by atoms with Gasteiger partial charge in [0.1, 0.15) is 12.7 Å². The van der Waals surface area contributed by atoms with Crippen LogP contribution in [0.1, 0.15) is 49.8 Å². The fourth-order valence-corrected chi connectivity index (χ4v) is 5.74. The van der Waals surface area contributed by atoms with Gasteiger partial charge in [0.25, 0.3) is 0 Å². The molecule has 1 atom stereocenters. The van der Waals surface area contributed by atoms with Crippen molar-refractivity contribution in [2.75, 3.05) is 33.0 Å². The summed E-state index contributed by atoms with van der Waals surface area (Å²) in [5, 5.41) is 2.99. The molecule has 1 amide bonds. The summed E-state index contributed by atoms with van der Waals surface area (Å²) >= 11 is 0. The van der Waals surface area contributed by atoms with E-state index in [-0.39, 0.29) is 17.1 Å². The van der Waals surface area contributed by atoms with Gasteiger partial charge in [-0.25, -0.2) is 4.79 Å². The molecule has 1 aliphatic rings. The summed E-state index contributed by atoms with van der Waals surface area (Å²) in [6.45, 7) is 13.9. The lowest BCUT2D eigenvalue weighted by Crippen LogP contribution is -2.43. The monoisotopic (exact) mass is 575 g/mol. The van der Waals surface area contributed by atoms with E-state index < -0.39 is 14.4 Å². The molecule has 0 fully saturated rings. The highest BCUT2D eigenvalue weighted by atomic mass is 28.4. The van der Waals surface area contributed by atoms with Crippen molar-refractivity contribution in [3.63, 3.8) is 0 Å². The number of rotatable bonds is 14. The maximum atomic E-state index is 12.5. The molecule has 0 saturated carbocycles. The minimum Gasteiger partial charge on any atom is -0.449 e. The molecule has 220 valence electrons. The summed E-state index contributed by atoms with van der Waals surface area (Å²) in [5.41, 5.74) is 5.97. The van der Waals surface area contributed by atoms with Crippen LogP contribution in [0, 0.1) is 0 Å². The van der Waals surface area contributed by atoms with Gasteiger partial charge in [0, 0.05) is 19.1 Å². The van der Waals surface area contributed by atoms with E-state index in [1.165, 1.54) is 22.3 Å². The first kappa shape index (κ1) is 31.0. The van der Waals surface area contributed by atoms with E-state index in [0.29, 0.717) is 46.0 Å². The van der Waals surface area contributed by atoms with Crippen LogP contribution in [-0.4, -0.2) is 53.5 Å². The second kappa shape index (κ2) is 14.3. The Labute approximate surface area is 246 Å². The summed E-state index contributed by atoms with van der Waals surface area (Å²) in [6, 6.07) is 26.8. The van der Waals surface area contributed by atoms with Crippen LogP contribution < -0.4 is 5.32 Å². The van der Waals surface area contributed by atoms with Crippen molar-refractivity contribution in [1.82, 2.24) is 5.32 Å². The van der Waals surface area contributed by atoms with E-state index in [0.717, 1.165) is 5.56 Å². The predicted octanol–water partition coefficient (Wildman–Crippen LogP) is 7.54. The number of amides is 1. The van der Waals surface area contributed by atoms with Gasteiger partial charge in [0.15, 0.2) is 8.32 Å². The Balaban J connectivity index is 1.20. The molecule has 0 aliphatic heterocycles. The summed E-state index contributed by atoms with van der Waals surface area (Å²) < 4.78 is 24.2. The zero-order chi connectivity index (χ0) is 29.3. The zero-order valence-electron chi connectivity index (χ0n) is 25.2. The van der Waals surface area contributed by atoms with Crippen molar-refractivity contribution >= 4 is 14.4 Å². The lowest BCUT2D eigenvalue weighted by atomic mass is 9.98. The Morgan fingerprint density at radius 1 is 0.878 bits per heavy atom. The third-order valence-electron chi connectivity index (χ3n) is 8.14. The molecule has 0 bridgehead atoms. The fraction of sp³-hybridized carbons (Fsp3) is 0.441. The molecule has 0 saturated heterocycles. The molecule has 3 aromatic carbocycles. The molecule has 0 heterocycles. The Kier molecular flexibility index (Phi) is 10.8. The SMILES string of the molecule is CC(C)(C)[Si](C)(C)OC[C@H](COCc1ccccc1)OCCCNC(=O)OCC1c2ccccc2-c2ccccc21. The van der Waals surface area contributed by atoms with Crippen LogP contribution in [0.15, 0.2) is 78.9 Å². The lowest BCUT2D eigenvalue weighted by molar-refractivity contribution is -0.0442. The van der Waals surface area contributed by atoms with Gasteiger partial charge < -0.3 is 24.0 Å². The van der Waals surface area contributed by atoms with Crippen LogP contribution in [0.5, 0.6) is 0 Å². The predicted molar refractivity (Wildman–Crippen MR) is 167 cm³/mol. The van der Waals surface area contributed by atoms with Gasteiger partial charge >= 0.3 is 6.09 Å². The third-order valence-corrected chi connectivity index (χ3v) is 12.6. The van der Waals surface area contributed by atoms with Crippen LogP contribution >= 0.6 is 0 Å². The van der Waals surface area contributed by atoms with E-state index in [1.807, 2.05) is 42.5 Å². The van der Waals surface area contributed by atoms with Gasteiger partial charge in [-0.3, -0.25) is 0 Å². The van der Waals surface area contributed by atoms with Crippen molar-refractivity contribution in [3.05, 3.63) is 95.6 Å². The quantitative estimate of drug-likeness (QED) is 0.159. The highest BCUT2D eigenvalue weighted by molar-refractivity contribution is 6.74. The van der Waals surface area contributed by atoms with E-state index in [9.17, 15) is 4.79 Å². The largest absolute Gasteiger partial charge is 0.449 e. The molecule has 0 unspecified atom stereocenters. The molecule has 0 aromatic heterocycles.